The highest BCUT2D eigenvalue weighted by Crippen LogP contribution is 2.25. The Balaban J connectivity index is 2.96. The molecule has 0 amide bonds. The highest BCUT2D eigenvalue weighted by molar-refractivity contribution is 7.72. The van der Waals surface area contributed by atoms with E-state index in [1.165, 1.54) is 0 Å². The molecular formula is C16H27NO2S. The van der Waals surface area contributed by atoms with Crippen LogP contribution in [0.3, 0.4) is 0 Å². The number of rotatable bonds is 9. The van der Waals surface area contributed by atoms with Crippen molar-refractivity contribution in [3.8, 4) is 0 Å². The number of unbranched alkanes of at least 4 members (excludes halogenated alkanes) is 4. The van der Waals surface area contributed by atoms with Crippen molar-refractivity contribution < 1.29 is 8.42 Å². The molecule has 1 rings (SSSR count). The van der Waals surface area contributed by atoms with Gasteiger partial charge in [-0.15, -0.1) is 0 Å². The predicted molar refractivity (Wildman–Crippen MR) is 85.9 cm³/mol. The maximum Gasteiger partial charge on any atom is 0.168 e. The summed E-state index contributed by atoms with van der Waals surface area (Å²) in [4.78, 5) is 0.409. The summed E-state index contributed by atoms with van der Waals surface area (Å²) in [6.45, 7) is 4.31. The van der Waals surface area contributed by atoms with E-state index in [1.54, 1.807) is 12.1 Å². The van der Waals surface area contributed by atoms with E-state index < -0.39 is 10.7 Å². The van der Waals surface area contributed by atoms with Crippen molar-refractivity contribution in [2.24, 2.45) is 0 Å². The molecule has 0 atom stereocenters. The number of thiol groups is 1. The number of nitrogen functional groups attached to an aromatic ring is 1. The van der Waals surface area contributed by atoms with Crippen LogP contribution < -0.4 is 5.73 Å². The van der Waals surface area contributed by atoms with Crippen molar-refractivity contribution in [2.45, 2.75) is 70.1 Å². The first-order chi connectivity index (χ1) is 9.60. The van der Waals surface area contributed by atoms with E-state index in [0.717, 1.165) is 68.2 Å². The molecule has 4 heteroatoms. The van der Waals surface area contributed by atoms with Crippen LogP contribution in [0, 0.1) is 0 Å². The van der Waals surface area contributed by atoms with Crippen LogP contribution in [0.4, 0.5) is 5.69 Å². The fourth-order valence-corrected chi connectivity index (χ4v) is 2.93. The molecule has 2 N–H and O–H groups in total. The lowest BCUT2D eigenvalue weighted by Gasteiger charge is -2.12. The summed E-state index contributed by atoms with van der Waals surface area (Å²) in [6, 6.07) is 3.50. The van der Waals surface area contributed by atoms with E-state index in [9.17, 15) is 8.42 Å². The van der Waals surface area contributed by atoms with Gasteiger partial charge in [-0.1, -0.05) is 39.5 Å². The monoisotopic (exact) mass is 297 g/mol. The standard InChI is InChI=1S/C16H27NO2S/c1-3-5-7-9-13-11-15(20(18)19)12-14(16(13)17)10-8-6-4-2/h11-12,20H,3-10,17H2,1-2H3. The third-order valence-corrected chi connectivity index (χ3v) is 4.33. The molecule has 114 valence electrons. The molecule has 0 aliphatic heterocycles. The van der Waals surface area contributed by atoms with E-state index in [2.05, 4.69) is 13.8 Å². The molecule has 0 radical (unpaired) electrons. The zero-order valence-corrected chi connectivity index (χ0v) is 13.5. The average molecular weight is 297 g/mol. The topological polar surface area (TPSA) is 60.2 Å². The molecule has 0 fully saturated rings. The van der Waals surface area contributed by atoms with Crippen LogP contribution in [0.5, 0.6) is 0 Å². The number of nitrogens with two attached hydrogens (primary N) is 1. The van der Waals surface area contributed by atoms with E-state index in [-0.39, 0.29) is 0 Å². The van der Waals surface area contributed by atoms with Gasteiger partial charge in [-0.25, -0.2) is 8.42 Å². The van der Waals surface area contributed by atoms with Crippen molar-refractivity contribution in [1.82, 2.24) is 0 Å². The third-order valence-electron chi connectivity index (χ3n) is 3.65. The molecule has 0 aliphatic carbocycles. The molecule has 0 unspecified atom stereocenters. The molecule has 20 heavy (non-hydrogen) atoms. The predicted octanol–water partition coefficient (Wildman–Crippen LogP) is 3.70. The number of benzene rings is 1. The van der Waals surface area contributed by atoms with Crippen LogP contribution in [-0.2, 0) is 23.5 Å². The van der Waals surface area contributed by atoms with E-state index in [4.69, 9.17) is 5.73 Å². The SMILES string of the molecule is CCCCCc1cc([SH](=O)=O)cc(CCCCC)c1N. The lowest BCUT2D eigenvalue weighted by atomic mass is 9.98. The van der Waals surface area contributed by atoms with Gasteiger partial charge in [0.2, 0.25) is 0 Å². The minimum Gasteiger partial charge on any atom is -0.398 e. The molecule has 0 aromatic heterocycles. The molecule has 0 aliphatic rings. The van der Waals surface area contributed by atoms with Crippen LogP contribution in [0.15, 0.2) is 17.0 Å². The van der Waals surface area contributed by atoms with Gasteiger partial charge in [-0.3, -0.25) is 0 Å². The Morgan fingerprint density at radius 2 is 1.35 bits per heavy atom. The summed E-state index contributed by atoms with van der Waals surface area (Å²) >= 11 is 0. The summed E-state index contributed by atoms with van der Waals surface area (Å²) < 4.78 is 22.5. The van der Waals surface area contributed by atoms with Crippen LogP contribution in [0.1, 0.15) is 63.5 Å². The van der Waals surface area contributed by atoms with Crippen LogP contribution >= 0.6 is 0 Å². The van der Waals surface area contributed by atoms with Crippen molar-refractivity contribution in [1.29, 1.82) is 0 Å². The van der Waals surface area contributed by atoms with Gasteiger partial charge in [0.05, 0.1) is 4.90 Å². The normalized spacial score (nSPS) is 11.2. The first-order valence-electron chi connectivity index (χ1n) is 7.65. The summed E-state index contributed by atoms with van der Waals surface area (Å²) in [5.41, 5.74) is 9.03. The van der Waals surface area contributed by atoms with Crippen molar-refractivity contribution >= 4 is 16.4 Å². The molecule has 1 aromatic carbocycles. The molecule has 0 saturated heterocycles. The van der Waals surface area contributed by atoms with Crippen LogP contribution in [0.2, 0.25) is 0 Å². The first-order valence-corrected chi connectivity index (χ1v) is 8.83. The Kier molecular flexibility index (Phi) is 7.67. The molecule has 3 nitrogen and oxygen atoms in total. The number of hydrogen-bond donors (Lipinski definition) is 2. The second-order valence-corrected chi connectivity index (χ2v) is 6.38. The minimum atomic E-state index is -2.53. The fraction of sp³-hybridized carbons (Fsp3) is 0.625. The van der Waals surface area contributed by atoms with Gasteiger partial charge >= 0.3 is 0 Å². The summed E-state index contributed by atoms with van der Waals surface area (Å²) in [6.07, 6.45) is 8.48. The van der Waals surface area contributed by atoms with E-state index in [0.29, 0.717) is 4.90 Å². The summed E-state index contributed by atoms with van der Waals surface area (Å²) in [5, 5.41) is 0. The zero-order chi connectivity index (χ0) is 15.0. The third kappa shape index (κ3) is 5.16. The van der Waals surface area contributed by atoms with Gasteiger partial charge in [0.1, 0.15) is 0 Å². The molecular weight excluding hydrogens is 270 g/mol. The Morgan fingerprint density at radius 3 is 1.70 bits per heavy atom. The molecule has 0 heterocycles. The maximum absolute atomic E-state index is 11.3. The Bertz CT molecular complexity index is 456. The zero-order valence-electron chi connectivity index (χ0n) is 12.7. The van der Waals surface area contributed by atoms with Crippen LogP contribution in [-0.4, -0.2) is 8.42 Å². The Morgan fingerprint density at radius 1 is 0.900 bits per heavy atom. The molecule has 0 bridgehead atoms. The number of aryl methyl sites for hydroxylation is 2. The Labute approximate surface area is 124 Å². The van der Waals surface area contributed by atoms with Crippen molar-refractivity contribution in [3.05, 3.63) is 23.3 Å². The quantitative estimate of drug-likeness (QED) is 0.415. The van der Waals surface area contributed by atoms with Gasteiger partial charge < -0.3 is 5.73 Å². The van der Waals surface area contributed by atoms with Gasteiger partial charge in [0, 0.05) is 5.69 Å². The maximum atomic E-state index is 11.3. The molecule has 0 saturated carbocycles. The fourth-order valence-electron chi connectivity index (χ4n) is 2.41. The number of hydrogen-bond acceptors (Lipinski definition) is 3. The Hall–Kier alpha value is -1.03. The number of anilines is 1. The highest BCUT2D eigenvalue weighted by atomic mass is 32.2. The van der Waals surface area contributed by atoms with Gasteiger partial charge in [0.15, 0.2) is 10.7 Å². The molecule has 1 aromatic rings. The summed E-state index contributed by atoms with van der Waals surface area (Å²) in [5.74, 6) is 0. The van der Waals surface area contributed by atoms with Crippen molar-refractivity contribution in [3.63, 3.8) is 0 Å². The summed E-state index contributed by atoms with van der Waals surface area (Å²) in [7, 11) is -2.53. The lowest BCUT2D eigenvalue weighted by molar-refractivity contribution is 0.614. The highest BCUT2D eigenvalue weighted by Gasteiger charge is 2.09. The average Bonchev–Trinajstić information content (AvgIpc) is 2.42. The van der Waals surface area contributed by atoms with Gasteiger partial charge in [-0.05, 0) is 48.9 Å². The minimum absolute atomic E-state index is 0.409. The lowest BCUT2D eigenvalue weighted by Crippen LogP contribution is -2.02. The van der Waals surface area contributed by atoms with Crippen molar-refractivity contribution in [2.75, 3.05) is 5.73 Å². The van der Waals surface area contributed by atoms with Crippen LogP contribution in [0.25, 0.3) is 0 Å². The van der Waals surface area contributed by atoms with Gasteiger partial charge in [-0.2, -0.15) is 0 Å². The second kappa shape index (κ2) is 9.01. The first kappa shape index (κ1) is 17.0. The van der Waals surface area contributed by atoms with E-state index in [1.807, 2.05) is 0 Å². The van der Waals surface area contributed by atoms with E-state index >= 15 is 0 Å². The second-order valence-electron chi connectivity index (χ2n) is 5.35. The van der Waals surface area contributed by atoms with Gasteiger partial charge in [0.25, 0.3) is 0 Å². The molecule has 0 spiro atoms. The largest absolute Gasteiger partial charge is 0.398 e. The smallest absolute Gasteiger partial charge is 0.168 e.